The second-order valence-electron chi connectivity index (χ2n) is 10.2. The lowest BCUT2D eigenvalue weighted by Crippen LogP contribution is -2.38. The molecule has 3 aromatic rings. The van der Waals surface area contributed by atoms with Gasteiger partial charge in [0.2, 0.25) is 0 Å². The van der Waals surface area contributed by atoms with Crippen LogP contribution in [0.5, 0.6) is 5.75 Å². The topological polar surface area (TPSA) is 140 Å². The lowest BCUT2D eigenvalue weighted by atomic mass is 10.0. The molecule has 7 atom stereocenters. The third kappa shape index (κ3) is 4.89. The molecule has 38 heavy (non-hydrogen) atoms. The lowest BCUT2D eigenvalue weighted by Gasteiger charge is -2.30. The smallest absolute Gasteiger partial charge is 0.460 e. The molecule has 1 aliphatic heterocycles. The number of anilines is 1. The van der Waals surface area contributed by atoms with Crippen LogP contribution in [-0.2, 0) is 23.4 Å². The predicted molar refractivity (Wildman–Crippen MR) is 142 cm³/mol. The second-order valence-corrected chi connectivity index (χ2v) is 12.3. The average molecular weight is 564 g/mol. The van der Waals surface area contributed by atoms with Crippen molar-refractivity contribution in [2.45, 2.75) is 64.7 Å². The number of fused-ring (bicyclic) bond motifs is 2. The molecular weight excluding hydrogens is 533 g/mol. The summed E-state index contributed by atoms with van der Waals surface area (Å²) in [6.07, 6.45) is 2.28. The maximum Gasteiger partial charge on any atom is 0.460 e. The molecule has 204 valence electrons. The van der Waals surface area contributed by atoms with Crippen molar-refractivity contribution in [3.8, 4) is 5.75 Å². The van der Waals surface area contributed by atoms with Gasteiger partial charge in [-0.15, -0.1) is 0 Å². The molecule has 1 saturated heterocycles. The van der Waals surface area contributed by atoms with E-state index in [4.69, 9.17) is 35.9 Å². The number of rotatable bonds is 9. The molecule has 3 heterocycles. The highest BCUT2D eigenvalue weighted by atomic mass is 35.5. The number of nitrogens with one attached hydrogen (secondary N) is 1. The van der Waals surface area contributed by atoms with Gasteiger partial charge in [-0.05, 0) is 58.0 Å². The molecule has 0 spiro atoms. The Hall–Kier alpha value is -2.69. The van der Waals surface area contributed by atoms with Crippen LogP contribution < -0.4 is 15.3 Å². The highest BCUT2D eigenvalue weighted by Crippen LogP contribution is 2.67. The Morgan fingerprint density at radius 3 is 2.58 bits per heavy atom. The van der Waals surface area contributed by atoms with Gasteiger partial charge in [-0.2, -0.15) is 5.09 Å². The van der Waals surface area contributed by atoms with Crippen LogP contribution in [-0.4, -0.2) is 44.4 Å². The monoisotopic (exact) mass is 563 g/mol. The minimum Gasteiger partial charge on any atom is -0.462 e. The first kappa shape index (κ1) is 26.9. The van der Waals surface area contributed by atoms with Gasteiger partial charge in [0.25, 0.3) is 0 Å². The molecule has 1 aliphatic carbocycles. The second kappa shape index (κ2) is 9.81. The molecule has 0 radical (unpaired) electrons. The molecule has 1 saturated carbocycles. The molecule has 0 amide bonds. The van der Waals surface area contributed by atoms with Gasteiger partial charge in [0, 0.05) is 23.1 Å². The maximum absolute atomic E-state index is 14.1. The molecule has 2 aliphatic rings. The third-order valence-corrected chi connectivity index (χ3v) is 9.01. The molecule has 3 unspecified atom stereocenters. The number of nitrogens with two attached hydrogens (primary N) is 1. The lowest BCUT2D eigenvalue weighted by molar-refractivity contribution is -0.149. The minimum absolute atomic E-state index is 0.0240. The van der Waals surface area contributed by atoms with Crippen molar-refractivity contribution in [2.24, 2.45) is 11.8 Å². The van der Waals surface area contributed by atoms with Gasteiger partial charge >= 0.3 is 13.7 Å². The number of benzene rings is 1. The number of carbonyl (C=O) groups is 1. The number of hydrogen-bond donors (Lipinski definition) is 2. The van der Waals surface area contributed by atoms with Crippen LogP contribution in [0.2, 0.25) is 5.02 Å². The summed E-state index contributed by atoms with van der Waals surface area (Å²) >= 11 is 5.99. The van der Waals surface area contributed by atoms with Gasteiger partial charge in [-0.25, -0.2) is 14.5 Å². The number of hydrogen-bond acceptors (Lipinski definition) is 9. The fourth-order valence-electron chi connectivity index (χ4n) is 5.17. The fourth-order valence-corrected chi connectivity index (χ4v) is 7.16. The summed E-state index contributed by atoms with van der Waals surface area (Å²) in [4.78, 5) is 20.9. The summed E-state index contributed by atoms with van der Waals surface area (Å²) in [5.41, 5.74) is 5.74. The van der Waals surface area contributed by atoms with E-state index in [1.165, 1.54) is 6.33 Å². The van der Waals surface area contributed by atoms with Crippen molar-refractivity contribution in [2.75, 3.05) is 5.73 Å². The molecule has 5 rings (SSSR count). The van der Waals surface area contributed by atoms with Gasteiger partial charge in [0.15, 0.2) is 0 Å². The van der Waals surface area contributed by atoms with Gasteiger partial charge in [-0.1, -0.05) is 18.5 Å². The highest BCUT2D eigenvalue weighted by Gasteiger charge is 2.74. The van der Waals surface area contributed by atoms with Gasteiger partial charge in [0.1, 0.15) is 41.4 Å². The zero-order valence-electron chi connectivity index (χ0n) is 21.7. The molecule has 2 aromatic heterocycles. The number of carbonyl (C=O) groups excluding carboxylic acids is 1. The predicted octanol–water partition coefficient (Wildman–Crippen LogP) is 4.72. The molecule has 1 aromatic carbocycles. The third-order valence-electron chi connectivity index (χ3n) is 6.97. The number of ether oxygens (including phenoxy) is 2. The summed E-state index contributed by atoms with van der Waals surface area (Å²) in [5.74, 6) is -0.0218. The van der Waals surface area contributed by atoms with Crippen molar-refractivity contribution in [1.82, 2.24) is 19.6 Å². The van der Waals surface area contributed by atoms with Crippen molar-refractivity contribution in [3.05, 3.63) is 47.9 Å². The van der Waals surface area contributed by atoms with Crippen LogP contribution >= 0.6 is 19.3 Å². The van der Waals surface area contributed by atoms with E-state index < -0.39 is 25.4 Å². The molecule has 3 N–H and O–H groups in total. The first-order chi connectivity index (χ1) is 17.9. The Kier molecular flexibility index (Phi) is 6.94. The van der Waals surface area contributed by atoms with Crippen LogP contribution in [0.3, 0.4) is 0 Å². The zero-order chi connectivity index (χ0) is 27.4. The maximum atomic E-state index is 14.1. The summed E-state index contributed by atoms with van der Waals surface area (Å²) in [6, 6.07) is 7.27. The summed E-state index contributed by atoms with van der Waals surface area (Å²) in [7, 11) is -4.09. The Labute approximate surface area is 225 Å². The van der Waals surface area contributed by atoms with Crippen molar-refractivity contribution < 1.29 is 27.9 Å². The van der Waals surface area contributed by atoms with Crippen molar-refractivity contribution in [3.63, 3.8) is 0 Å². The standard InChI is InChI=1S/C25H31ClN5O6P/c1-13(2)34-24(32)15(4)30-38(33,36-17-8-6-16(26)7-9-17)37-25(5)19-14(3)23(35-20(19)25)31-11-10-18-21(27)28-12-29-22(18)31/h6-15,19-20,23H,1-5H3,(H,30,33)(H2,27,28,29)/t14-,15-,19?,20-,23+,25?,38?/m0/s1. The van der Waals surface area contributed by atoms with E-state index in [0.29, 0.717) is 16.5 Å². The van der Waals surface area contributed by atoms with Gasteiger partial charge in [0.05, 0.1) is 17.6 Å². The first-order valence-electron chi connectivity index (χ1n) is 12.4. The number of aromatic nitrogens is 3. The largest absolute Gasteiger partial charge is 0.462 e. The Morgan fingerprint density at radius 2 is 1.95 bits per heavy atom. The quantitative estimate of drug-likeness (QED) is 0.277. The molecule has 11 nitrogen and oxygen atoms in total. The van der Waals surface area contributed by atoms with E-state index in [9.17, 15) is 9.36 Å². The number of nitrogens with zero attached hydrogens (tertiary/aromatic N) is 3. The van der Waals surface area contributed by atoms with Crippen LogP contribution in [0.25, 0.3) is 11.0 Å². The number of halogens is 1. The number of nitrogen functional groups attached to an aromatic ring is 1. The minimum atomic E-state index is -4.09. The van der Waals surface area contributed by atoms with Crippen LogP contribution in [0.1, 0.15) is 40.8 Å². The average Bonchev–Trinajstić information content (AvgIpc) is 3.14. The van der Waals surface area contributed by atoms with Gasteiger partial charge in [-0.3, -0.25) is 9.32 Å². The number of esters is 1. The Bertz CT molecular complexity index is 1400. The molecule has 13 heteroatoms. The van der Waals surface area contributed by atoms with E-state index in [1.807, 2.05) is 30.7 Å². The molecule has 0 bridgehead atoms. The molecule has 2 fully saturated rings. The highest BCUT2D eigenvalue weighted by molar-refractivity contribution is 7.52. The van der Waals surface area contributed by atoms with E-state index in [2.05, 4.69) is 15.1 Å². The Morgan fingerprint density at radius 1 is 1.24 bits per heavy atom. The summed E-state index contributed by atoms with van der Waals surface area (Å²) in [6.45, 7) is 8.89. The normalized spacial score (nSPS) is 28.6. The Balaban J connectivity index is 1.36. The van der Waals surface area contributed by atoms with E-state index in [1.54, 1.807) is 45.0 Å². The summed E-state index contributed by atoms with van der Waals surface area (Å²) in [5, 5.41) is 3.99. The zero-order valence-corrected chi connectivity index (χ0v) is 23.3. The fraction of sp³-hybridized carbons (Fsp3) is 0.480. The van der Waals surface area contributed by atoms with E-state index in [-0.39, 0.29) is 36.0 Å². The first-order valence-corrected chi connectivity index (χ1v) is 14.3. The van der Waals surface area contributed by atoms with Gasteiger partial charge < -0.3 is 24.3 Å². The SMILES string of the molecule is CC(C)OC(=O)[C@H](C)NP(=O)(Oc1ccc(Cl)cc1)OC1(C)C2[C@H](C)[C@H](n3ccc4c(N)ncnc43)O[C@@H]21. The van der Waals surface area contributed by atoms with Crippen LogP contribution in [0.15, 0.2) is 42.9 Å². The van der Waals surface area contributed by atoms with E-state index >= 15 is 0 Å². The van der Waals surface area contributed by atoms with Crippen LogP contribution in [0.4, 0.5) is 5.82 Å². The van der Waals surface area contributed by atoms with Crippen molar-refractivity contribution in [1.29, 1.82) is 0 Å². The summed E-state index contributed by atoms with van der Waals surface area (Å²) < 4.78 is 39.7. The van der Waals surface area contributed by atoms with E-state index in [0.717, 1.165) is 5.39 Å². The molecular formula is C25H31ClN5O6P. The van der Waals surface area contributed by atoms with Crippen molar-refractivity contribution >= 4 is 42.2 Å². The van der Waals surface area contributed by atoms with Crippen LogP contribution in [0, 0.1) is 11.8 Å².